The van der Waals surface area contributed by atoms with Gasteiger partial charge in [-0.05, 0) is 48.2 Å². The minimum atomic E-state index is -0.144. The number of H-pyrrole nitrogens is 1. The zero-order valence-electron chi connectivity index (χ0n) is 11.8. The van der Waals surface area contributed by atoms with Crippen LogP contribution in [-0.4, -0.2) is 17.3 Å². The molecule has 2 aromatic carbocycles. The van der Waals surface area contributed by atoms with E-state index in [0.29, 0.717) is 5.39 Å². The number of benzene rings is 2. The summed E-state index contributed by atoms with van der Waals surface area (Å²) in [5.74, 6) is 0.870. The average molecular weight is 280 g/mol. The number of hydrogen-bond acceptors (Lipinski definition) is 3. The highest BCUT2D eigenvalue weighted by atomic mass is 16.5. The van der Waals surface area contributed by atoms with Gasteiger partial charge in [-0.2, -0.15) is 5.10 Å². The Balaban J connectivity index is 1.77. The van der Waals surface area contributed by atoms with Crippen molar-refractivity contribution in [3.05, 3.63) is 70.1 Å². The number of aromatic amines is 1. The zero-order chi connectivity index (χ0) is 14.7. The third-order valence-corrected chi connectivity index (χ3v) is 3.59. The first-order chi connectivity index (χ1) is 10.3. The predicted molar refractivity (Wildman–Crippen MR) is 82.8 cm³/mol. The fourth-order valence-corrected chi connectivity index (χ4v) is 2.38. The zero-order valence-corrected chi connectivity index (χ0v) is 11.8. The lowest BCUT2D eigenvalue weighted by Gasteiger charge is -2.05. The number of aryl methyl sites for hydroxylation is 2. The van der Waals surface area contributed by atoms with Gasteiger partial charge in [-0.3, -0.25) is 4.79 Å². The summed E-state index contributed by atoms with van der Waals surface area (Å²) in [5.41, 5.74) is 2.32. The Morgan fingerprint density at radius 1 is 1.05 bits per heavy atom. The number of rotatable bonds is 4. The topological polar surface area (TPSA) is 55.0 Å². The predicted octanol–water partition coefficient (Wildman–Crippen LogP) is 2.72. The van der Waals surface area contributed by atoms with Crippen molar-refractivity contribution in [2.45, 2.75) is 12.8 Å². The Kier molecular flexibility index (Phi) is 3.69. The Bertz CT molecular complexity index is 807. The molecule has 0 unspecified atom stereocenters. The van der Waals surface area contributed by atoms with Crippen LogP contribution in [0, 0.1) is 0 Å². The van der Waals surface area contributed by atoms with Gasteiger partial charge in [0.05, 0.1) is 18.7 Å². The van der Waals surface area contributed by atoms with Crippen molar-refractivity contribution in [3.8, 4) is 5.75 Å². The lowest BCUT2D eigenvalue weighted by atomic mass is 10.0. The normalized spacial score (nSPS) is 10.7. The van der Waals surface area contributed by atoms with E-state index in [1.807, 2.05) is 30.3 Å². The smallest absolute Gasteiger partial charge is 0.272 e. The number of hydrogen-bond donors (Lipinski definition) is 1. The number of methoxy groups -OCH3 is 1. The van der Waals surface area contributed by atoms with Crippen LogP contribution in [0.3, 0.4) is 0 Å². The monoisotopic (exact) mass is 280 g/mol. The Labute approximate surface area is 122 Å². The molecule has 0 spiro atoms. The summed E-state index contributed by atoms with van der Waals surface area (Å²) in [4.78, 5) is 11.6. The third-order valence-electron chi connectivity index (χ3n) is 3.59. The van der Waals surface area contributed by atoms with Gasteiger partial charge >= 0.3 is 0 Å². The maximum absolute atomic E-state index is 11.6. The molecule has 0 saturated heterocycles. The molecule has 0 bridgehead atoms. The van der Waals surface area contributed by atoms with Gasteiger partial charge in [0.25, 0.3) is 5.56 Å². The van der Waals surface area contributed by atoms with Gasteiger partial charge in [-0.25, -0.2) is 5.10 Å². The molecule has 1 aromatic heterocycles. The summed E-state index contributed by atoms with van der Waals surface area (Å²) in [5, 5.41) is 7.84. The standard InChI is InChI=1S/C17H16N2O2/c1-21-15-7-4-12(5-8-15)2-3-13-6-9-16-14(10-13)11-18-19-17(16)20/h4-11H,2-3H2,1H3,(H,19,20). The van der Waals surface area contributed by atoms with E-state index in [4.69, 9.17) is 4.74 Å². The fraction of sp³-hybridized carbons (Fsp3) is 0.176. The van der Waals surface area contributed by atoms with Crippen LogP contribution in [-0.2, 0) is 12.8 Å². The summed E-state index contributed by atoms with van der Waals surface area (Å²) in [7, 11) is 1.67. The second kappa shape index (κ2) is 5.79. The maximum atomic E-state index is 11.6. The van der Waals surface area contributed by atoms with Crippen molar-refractivity contribution >= 4 is 10.8 Å². The second-order valence-electron chi connectivity index (χ2n) is 4.97. The Morgan fingerprint density at radius 2 is 1.76 bits per heavy atom. The average Bonchev–Trinajstić information content (AvgIpc) is 2.53. The number of ether oxygens (including phenoxy) is 1. The highest BCUT2D eigenvalue weighted by molar-refractivity contribution is 5.81. The molecule has 3 rings (SSSR count). The van der Waals surface area contributed by atoms with Crippen molar-refractivity contribution < 1.29 is 4.74 Å². The molecule has 0 atom stereocenters. The van der Waals surface area contributed by atoms with Crippen LogP contribution in [0.4, 0.5) is 0 Å². The van der Waals surface area contributed by atoms with Gasteiger partial charge in [-0.15, -0.1) is 0 Å². The molecule has 0 fully saturated rings. The summed E-state index contributed by atoms with van der Waals surface area (Å²) < 4.78 is 5.15. The molecular weight excluding hydrogens is 264 g/mol. The number of nitrogens with zero attached hydrogens (tertiary/aromatic N) is 1. The van der Waals surface area contributed by atoms with E-state index < -0.39 is 0 Å². The SMILES string of the molecule is COc1ccc(CCc2ccc3c(=O)[nH]ncc3c2)cc1. The minimum Gasteiger partial charge on any atom is -0.497 e. The fourth-order valence-electron chi connectivity index (χ4n) is 2.38. The van der Waals surface area contributed by atoms with Crippen molar-refractivity contribution in [1.82, 2.24) is 10.2 Å². The summed E-state index contributed by atoms with van der Waals surface area (Å²) in [6, 6.07) is 14.0. The molecule has 4 heteroatoms. The minimum absolute atomic E-state index is 0.144. The van der Waals surface area contributed by atoms with Crippen molar-refractivity contribution in [3.63, 3.8) is 0 Å². The van der Waals surface area contributed by atoms with Gasteiger partial charge in [0.1, 0.15) is 5.75 Å². The first-order valence-electron chi connectivity index (χ1n) is 6.85. The molecular formula is C17H16N2O2. The highest BCUT2D eigenvalue weighted by Gasteiger charge is 2.01. The van der Waals surface area contributed by atoms with E-state index in [0.717, 1.165) is 24.0 Å². The first-order valence-corrected chi connectivity index (χ1v) is 6.85. The number of aromatic nitrogens is 2. The largest absolute Gasteiger partial charge is 0.497 e. The molecule has 0 aliphatic carbocycles. The van der Waals surface area contributed by atoms with Crippen molar-refractivity contribution in [1.29, 1.82) is 0 Å². The maximum Gasteiger partial charge on any atom is 0.272 e. The summed E-state index contributed by atoms with van der Waals surface area (Å²) in [6.07, 6.45) is 3.56. The molecule has 21 heavy (non-hydrogen) atoms. The molecule has 0 amide bonds. The van der Waals surface area contributed by atoms with Gasteiger partial charge in [-0.1, -0.05) is 18.2 Å². The lowest BCUT2D eigenvalue weighted by molar-refractivity contribution is 0.414. The third kappa shape index (κ3) is 2.94. The van der Waals surface area contributed by atoms with E-state index in [2.05, 4.69) is 22.3 Å². The van der Waals surface area contributed by atoms with E-state index in [9.17, 15) is 4.79 Å². The van der Waals surface area contributed by atoms with Crippen molar-refractivity contribution in [2.75, 3.05) is 7.11 Å². The molecule has 0 radical (unpaired) electrons. The molecule has 0 aliphatic rings. The van der Waals surface area contributed by atoms with Crippen LogP contribution in [0.25, 0.3) is 10.8 Å². The molecule has 3 aromatic rings. The van der Waals surface area contributed by atoms with Crippen LogP contribution in [0.2, 0.25) is 0 Å². The Morgan fingerprint density at radius 3 is 2.52 bits per heavy atom. The van der Waals surface area contributed by atoms with E-state index in [-0.39, 0.29) is 5.56 Å². The van der Waals surface area contributed by atoms with E-state index in [1.165, 1.54) is 11.1 Å². The van der Waals surface area contributed by atoms with Gasteiger partial charge < -0.3 is 4.74 Å². The Hall–Kier alpha value is -2.62. The highest BCUT2D eigenvalue weighted by Crippen LogP contribution is 2.15. The molecule has 106 valence electrons. The van der Waals surface area contributed by atoms with Crippen LogP contribution < -0.4 is 10.3 Å². The first kappa shape index (κ1) is 13.4. The van der Waals surface area contributed by atoms with E-state index in [1.54, 1.807) is 13.3 Å². The molecule has 1 N–H and O–H groups in total. The lowest BCUT2D eigenvalue weighted by Crippen LogP contribution is -2.07. The second-order valence-corrected chi connectivity index (χ2v) is 4.97. The van der Waals surface area contributed by atoms with E-state index >= 15 is 0 Å². The van der Waals surface area contributed by atoms with Gasteiger partial charge in [0, 0.05) is 5.39 Å². The molecule has 4 nitrogen and oxygen atoms in total. The van der Waals surface area contributed by atoms with Crippen molar-refractivity contribution in [2.24, 2.45) is 0 Å². The molecule has 0 saturated carbocycles. The van der Waals surface area contributed by atoms with Crippen LogP contribution in [0.1, 0.15) is 11.1 Å². The van der Waals surface area contributed by atoms with Gasteiger partial charge in [0.2, 0.25) is 0 Å². The summed E-state index contributed by atoms with van der Waals surface area (Å²) in [6.45, 7) is 0. The van der Waals surface area contributed by atoms with Crippen LogP contribution in [0.5, 0.6) is 5.75 Å². The summed E-state index contributed by atoms with van der Waals surface area (Å²) >= 11 is 0. The van der Waals surface area contributed by atoms with Crippen LogP contribution >= 0.6 is 0 Å². The number of nitrogens with one attached hydrogen (secondary N) is 1. The number of fused-ring (bicyclic) bond motifs is 1. The molecule has 1 heterocycles. The van der Waals surface area contributed by atoms with Crippen LogP contribution in [0.15, 0.2) is 53.5 Å². The van der Waals surface area contributed by atoms with Gasteiger partial charge in [0.15, 0.2) is 0 Å². The molecule has 0 aliphatic heterocycles. The quantitative estimate of drug-likeness (QED) is 0.799.